The maximum atomic E-state index is 11.7. The molecule has 19 heavy (non-hydrogen) atoms. The molecule has 1 amide bonds. The monoisotopic (exact) mass is 280 g/mol. The summed E-state index contributed by atoms with van der Waals surface area (Å²) in [5, 5.41) is 11.4. The number of nitrogens with one attached hydrogen (secondary N) is 1. The first kappa shape index (κ1) is 15.1. The number of rotatable bonds is 5. The first-order valence-electron chi connectivity index (χ1n) is 5.76. The van der Waals surface area contributed by atoms with Crippen LogP contribution < -0.4 is 10.2 Å². The number of carboxylic acid groups (broad SMARTS) is 1. The lowest BCUT2D eigenvalue weighted by Gasteiger charge is -2.17. The van der Waals surface area contributed by atoms with Crippen LogP contribution in [-0.2, 0) is 9.59 Å². The Morgan fingerprint density at radius 3 is 2.32 bits per heavy atom. The minimum atomic E-state index is -0.975. The first-order chi connectivity index (χ1) is 8.95. The van der Waals surface area contributed by atoms with Gasteiger partial charge in [0.1, 0.15) is 4.99 Å². The number of carboxylic acids is 1. The van der Waals surface area contributed by atoms with Crippen LogP contribution in [-0.4, -0.2) is 36.1 Å². The van der Waals surface area contributed by atoms with Gasteiger partial charge in [0.05, 0.1) is 6.42 Å². The van der Waals surface area contributed by atoms with E-state index in [1.165, 1.54) is 4.90 Å². The quantitative estimate of drug-likeness (QED) is 0.798. The molecule has 0 heterocycles. The second-order valence-electron chi connectivity index (χ2n) is 3.97. The minimum Gasteiger partial charge on any atom is -0.481 e. The summed E-state index contributed by atoms with van der Waals surface area (Å²) in [5.74, 6) is -1.21. The summed E-state index contributed by atoms with van der Waals surface area (Å²) in [5.41, 5.74) is 1.57. The van der Waals surface area contributed by atoms with Crippen molar-refractivity contribution in [2.75, 3.05) is 19.0 Å². The highest BCUT2D eigenvalue weighted by molar-refractivity contribution is 7.80. The van der Waals surface area contributed by atoms with Crippen molar-refractivity contribution in [1.82, 2.24) is 5.32 Å². The van der Waals surface area contributed by atoms with Gasteiger partial charge in [0, 0.05) is 31.8 Å². The Morgan fingerprint density at radius 2 is 1.84 bits per heavy atom. The highest BCUT2D eigenvalue weighted by Gasteiger charge is 2.12. The molecule has 0 aliphatic rings. The fourth-order valence-corrected chi connectivity index (χ4v) is 1.64. The first-order valence-corrected chi connectivity index (χ1v) is 6.17. The van der Waals surface area contributed by atoms with Crippen LogP contribution in [0.4, 0.5) is 5.69 Å². The lowest BCUT2D eigenvalue weighted by molar-refractivity contribution is -0.138. The van der Waals surface area contributed by atoms with Crippen molar-refractivity contribution < 1.29 is 14.7 Å². The largest absolute Gasteiger partial charge is 0.481 e. The molecule has 0 saturated carbocycles. The zero-order valence-electron chi connectivity index (χ0n) is 10.8. The Hall–Kier alpha value is -1.95. The number of carbonyl (C=O) groups is 2. The van der Waals surface area contributed by atoms with Gasteiger partial charge in [-0.15, -0.1) is 0 Å². The Morgan fingerprint density at radius 1 is 1.26 bits per heavy atom. The smallest absolute Gasteiger partial charge is 0.303 e. The van der Waals surface area contributed by atoms with Gasteiger partial charge < -0.3 is 15.3 Å². The van der Waals surface area contributed by atoms with Crippen molar-refractivity contribution in [3.8, 4) is 0 Å². The summed E-state index contributed by atoms with van der Waals surface area (Å²) in [6.07, 6.45) is -0.173. The highest BCUT2D eigenvalue weighted by Crippen LogP contribution is 2.15. The Labute approximate surface area is 117 Å². The molecule has 0 radical (unpaired) electrons. The predicted octanol–water partition coefficient (Wildman–Crippen LogP) is 1.41. The summed E-state index contributed by atoms with van der Waals surface area (Å²) in [6, 6.07) is 7.18. The second kappa shape index (κ2) is 6.84. The second-order valence-corrected chi connectivity index (χ2v) is 4.38. The van der Waals surface area contributed by atoms with E-state index in [2.05, 4.69) is 5.32 Å². The summed E-state index contributed by atoms with van der Waals surface area (Å²) < 4.78 is 0. The number of hydrogen-bond donors (Lipinski definition) is 2. The van der Waals surface area contributed by atoms with Crippen LogP contribution in [0.1, 0.15) is 18.4 Å². The normalized spacial score (nSPS) is 9.79. The van der Waals surface area contributed by atoms with Gasteiger partial charge in [-0.25, -0.2) is 0 Å². The molecule has 0 aliphatic carbocycles. The molecule has 1 aromatic carbocycles. The molecule has 5 nitrogen and oxygen atoms in total. The number of amides is 1. The maximum absolute atomic E-state index is 11.7. The number of hydrogen-bond acceptors (Lipinski definition) is 3. The number of thiocarbonyl (C=S) groups is 1. The van der Waals surface area contributed by atoms with Gasteiger partial charge in [0.25, 0.3) is 0 Å². The van der Waals surface area contributed by atoms with Crippen LogP contribution in [0.25, 0.3) is 0 Å². The molecule has 0 aromatic heterocycles. The third-order valence-corrected chi connectivity index (χ3v) is 3.11. The van der Waals surface area contributed by atoms with E-state index in [4.69, 9.17) is 17.3 Å². The minimum absolute atomic E-state index is 0.0114. The molecule has 0 spiro atoms. The van der Waals surface area contributed by atoms with Crippen LogP contribution in [0.2, 0.25) is 0 Å². The predicted molar refractivity (Wildman–Crippen MR) is 77.5 cm³/mol. The molecular weight excluding hydrogens is 264 g/mol. The van der Waals surface area contributed by atoms with Crippen molar-refractivity contribution in [3.05, 3.63) is 29.8 Å². The van der Waals surface area contributed by atoms with Gasteiger partial charge >= 0.3 is 5.97 Å². The van der Waals surface area contributed by atoms with Crippen molar-refractivity contribution in [2.45, 2.75) is 12.8 Å². The highest BCUT2D eigenvalue weighted by atomic mass is 32.1. The van der Waals surface area contributed by atoms with Crippen LogP contribution in [0.5, 0.6) is 0 Å². The SMILES string of the molecule is CNC(=S)c1ccc(N(C)C(=O)CCC(=O)O)cc1. The summed E-state index contributed by atoms with van der Waals surface area (Å²) in [7, 11) is 3.37. The molecule has 0 saturated heterocycles. The standard InChI is InChI=1S/C13H16N2O3S/c1-14-13(19)9-3-5-10(6-4-9)15(2)11(16)7-8-12(17)18/h3-6H,7-8H2,1-2H3,(H,14,19)(H,17,18). The maximum Gasteiger partial charge on any atom is 0.303 e. The van der Waals surface area contributed by atoms with Gasteiger partial charge in [-0.1, -0.05) is 12.2 Å². The number of aliphatic carboxylic acids is 1. The molecule has 1 aromatic rings. The van der Waals surface area contributed by atoms with Crippen molar-refractivity contribution in [2.24, 2.45) is 0 Å². The number of anilines is 1. The Kier molecular flexibility index (Phi) is 5.44. The average molecular weight is 280 g/mol. The third-order valence-electron chi connectivity index (χ3n) is 2.67. The van der Waals surface area contributed by atoms with Crippen LogP contribution in [0.15, 0.2) is 24.3 Å². The Balaban J connectivity index is 2.72. The van der Waals surface area contributed by atoms with Gasteiger partial charge in [-0.2, -0.15) is 0 Å². The van der Waals surface area contributed by atoms with Crippen LogP contribution in [0.3, 0.4) is 0 Å². The lowest BCUT2D eigenvalue weighted by Crippen LogP contribution is -2.26. The van der Waals surface area contributed by atoms with E-state index < -0.39 is 5.97 Å². The van der Waals surface area contributed by atoms with E-state index in [9.17, 15) is 9.59 Å². The van der Waals surface area contributed by atoms with E-state index >= 15 is 0 Å². The van der Waals surface area contributed by atoms with Crippen LogP contribution in [0, 0.1) is 0 Å². The fraction of sp³-hybridized carbons (Fsp3) is 0.308. The Bertz CT molecular complexity index is 485. The van der Waals surface area contributed by atoms with E-state index in [1.54, 1.807) is 26.2 Å². The van der Waals surface area contributed by atoms with Gasteiger partial charge in [0.2, 0.25) is 5.91 Å². The van der Waals surface area contributed by atoms with Crippen LogP contribution >= 0.6 is 12.2 Å². The molecule has 6 heteroatoms. The zero-order chi connectivity index (χ0) is 14.4. The van der Waals surface area contributed by atoms with E-state index in [0.29, 0.717) is 10.7 Å². The molecular formula is C13H16N2O3S. The van der Waals surface area contributed by atoms with Crippen molar-refractivity contribution in [3.63, 3.8) is 0 Å². The number of nitrogens with zero attached hydrogens (tertiary/aromatic N) is 1. The van der Waals surface area contributed by atoms with E-state index in [1.807, 2.05) is 12.1 Å². The lowest BCUT2D eigenvalue weighted by atomic mass is 10.2. The molecule has 0 atom stereocenters. The molecule has 2 N–H and O–H groups in total. The average Bonchev–Trinajstić information content (AvgIpc) is 2.43. The van der Waals surface area contributed by atoms with Crippen molar-refractivity contribution >= 4 is 34.8 Å². The summed E-state index contributed by atoms with van der Waals surface area (Å²) in [4.78, 5) is 24.2. The topological polar surface area (TPSA) is 69.6 Å². The summed E-state index contributed by atoms with van der Waals surface area (Å²) in [6.45, 7) is 0. The summed E-state index contributed by atoms with van der Waals surface area (Å²) >= 11 is 5.10. The molecule has 102 valence electrons. The van der Waals surface area contributed by atoms with E-state index in [0.717, 1.165) is 5.56 Å². The van der Waals surface area contributed by atoms with Gasteiger partial charge in [-0.05, 0) is 24.3 Å². The molecule has 0 unspecified atom stereocenters. The number of carbonyl (C=O) groups excluding carboxylic acids is 1. The molecule has 1 rings (SSSR count). The van der Waals surface area contributed by atoms with E-state index in [-0.39, 0.29) is 18.7 Å². The number of benzene rings is 1. The van der Waals surface area contributed by atoms with Crippen molar-refractivity contribution in [1.29, 1.82) is 0 Å². The molecule has 0 bridgehead atoms. The third kappa shape index (κ3) is 4.33. The van der Waals surface area contributed by atoms with Gasteiger partial charge in [-0.3, -0.25) is 9.59 Å². The molecule has 0 fully saturated rings. The fourth-order valence-electron chi connectivity index (χ4n) is 1.51. The molecule has 0 aliphatic heterocycles. The zero-order valence-corrected chi connectivity index (χ0v) is 11.7. The van der Waals surface area contributed by atoms with Gasteiger partial charge in [0.15, 0.2) is 0 Å².